The first kappa shape index (κ1) is 11.8. The highest BCUT2D eigenvalue weighted by molar-refractivity contribution is 5.48. The molecule has 1 aliphatic rings. The lowest BCUT2D eigenvalue weighted by Gasteiger charge is -2.08. The van der Waals surface area contributed by atoms with E-state index in [1.54, 1.807) is 0 Å². The number of fused-ring (bicyclic) bond motifs is 1. The van der Waals surface area contributed by atoms with E-state index in [2.05, 4.69) is 34.9 Å². The minimum absolute atomic E-state index is 0.689. The molecule has 2 aromatic rings. The Bertz CT molecular complexity index is 623. The van der Waals surface area contributed by atoms with Crippen molar-refractivity contribution in [3.8, 4) is 6.07 Å². The first-order valence-corrected chi connectivity index (χ1v) is 6.40. The number of nitrogens with one attached hydrogen (secondary N) is 2. The van der Waals surface area contributed by atoms with Gasteiger partial charge in [0.1, 0.15) is 0 Å². The molecule has 0 fully saturated rings. The first-order valence-electron chi connectivity index (χ1n) is 6.40. The molecule has 3 nitrogen and oxygen atoms in total. The van der Waals surface area contributed by atoms with Crippen LogP contribution in [0.3, 0.4) is 0 Å². The Kier molecular flexibility index (Phi) is 3.18. The summed E-state index contributed by atoms with van der Waals surface area (Å²) in [5, 5.41) is 15.5. The van der Waals surface area contributed by atoms with Crippen molar-refractivity contribution < 1.29 is 0 Å². The van der Waals surface area contributed by atoms with Crippen LogP contribution in [0.5, 0.6) is 0 Å². The van der Waals surface area contributed by atoms with Crippen molar-refractivity contribution in [3.05, 3.63) is 64.7 Å². The van der Waals surface area contributed by atoms with Gasteiger partial charge < -0.3 is 10.6 Å². The lowest BCUT2D eigenvalue weighted by Crippen LogP contribution is -2.00. The quantitative estimate of drug-likeness (QED) is 0.879. The van der Waals surface area contributed by atoms with Gasteiger partial charge in [-0.2, -0.15) is 5.26 Å². The van der Waals surface area contributed by atoms with Gasteiger partial charge in [-0.3, -0.25) is 0 Å². The van der Waals surface area contributed by atoms with Gasteiger partial charge in [0, 0.05) is 25.3 Å². The van der Waals surface area contributed by atoms with E-state index in [1.165, 1.54) is 16.7 Å². The Hall–Kier alpha value is -2.31. The maximum atomic E-state index is 8.75. The van der Waals surface area contributed by atoms with Crippen molar-refractivity contribution in [2.75, 3.05) is 5.32 Å². The molecule has 0 aliphatic carbocycles. The zero-order chi connectivity index (χ0) is 13.1. The van der Waals surface area contributed by atoms with Gasteiger partial charge in [-0.1, -0.05) is 18.2 Å². The molecular formula is C16H15N3. The van der Waals surface area contributed by atoms with Crippen molar-refractivity contribution in [1.82, 2.24) is 5.32 Å². The van der Waals surface area contributed by atoms with Crippen LogP contribution in [0.2, 0.25) is 0 Å². The molecule has 3 heteroatoms. The summed E-state index contributed by atoms with van der Waals surface area (Å²) in [7, 11) is 0. The highest BCUT2D eigenvalue weighted by Gasteiger charge is 2.09. The van der Waals surface area contributed by atoms with E-state index in [0.29, 0.717) is 5.56 Å². The van der Waals surface area contributed by atoms with Crippen LogP contribution in [0, 0.1) is 11.3 Å². The average molecular weight is 249 g/mol. The Morgan fingerprint density at radius 3 is 2.63 bits per heavy atom. The van der Waals surface area contributed by atoms with E-state index < -0.39 is 0 Å². The first-order chi connectivity index (χ1) is 9.35. The Morgan fingerprint density at radius 1 is 1.05 bits per heavy atom. The van der Waals surface area contributed by atoms with E-state index in [1.807, 2.05) is 24.3 Å². The van der Waals surface area contributed by atoms with Crippen molar-refractivity contribution >= 4 is 5.69 Å². The summed E-state index contributed by atoms with van der Waals surface area (Å²) in [6, 6.07) is 16.3. The van der Waals surface area contributed by atoms with Crippen LogP contribution < -0.4 is 10.6 Å². The molecule has 0 amide bonds. The predicted molar refractivity (Wildman–Crippen MR) is 75.5 cm³/mol. The number of hydrogen-bond acceptors (Lipinski definition) is 3. The monoisotopic (exact) mass is 249 g/mol. The van der Waals surface area contributed by atoms with Gasteiger partial charge in [-0.15, -0.1) is 0 Å². The standard InChI is InChI=1S/C16H15N3/c17-8-12-2-5-16(6-3-12)19-9-13-1-4-14-10-18-11-15(14)7-13/h1-7,18-19H,9-11H2. The number of nitrogens with zero attached hydrogens (tertiary/aromatic N) is 1. The lowest BCUT2D eigenvalue weighted by molar-refractivity contribution is 0.764. The third kappa shape index (κ3) is 2.59. The average Bonchev–Trinajstić information content (AvgIpc) is 2.93. The lowest BCUT2D eigenvalue weighted by atomic mass is 10.1. The van der Waals surface area contributed by atoms with E-state index in [9.17, 15) is 0 Å². The molecule has 0 radical (unpaired) electrons. The Balaban J connectivity index is 1.67. The Labute approximate surface area is 112 Å². The van der Waals surface area contributed by atoms with Crippen molar-refractivity contribution in [3.63, 3.8) is 0 Å². The number of benzene rings is 2. The van der Waals surface area contributed by atoms with Gasteiger partial charge in [0.15, 0.2) is 0 Å². The van der Waals surface area contributed by atoms with Crippen LogP contribution in [-0.4, -0.2) is 0 Å². The molecule has 0 spiro atoms. The van der Waals surface area contributed by atoms with Gasteiger partial charge in [0.2, 0.25) is 0 Å². The van der Waals surface area contributed by atoms with E-state index in [0.717, 1.165) is 25.3 Å². The van der Waals surface area contributed by atoms with Crippen LogP contribution in [0.4, 0.5) is 5.69 Å². The van der Waals surface area contributed by atoms with Crippen LogP contribution in [0.1, 0.15) is 22.3 Å². The molecule has 94 valence electrons. The molecule has 0 atom stereocenters. The fourth-order valence-electron chi connectivity index (χ4n) is 2.32. The number of anilines is 1. The smallest absolute Gasteiger partial charge is 0.0991 e. The van der Waals surface area contributed by atoms with Gasteiger partial charge in [0.25, 0.3) is 0 Å². The highest BCUT2D eigenvalue weighted by atomic mass is 14.9. The van der Waals surface area contributed by atoms with Crippen LogP contribution in [-0.2, 0) is 19.6 Å². The summed E-state index contributed by atoms with van der Waals surface area (Å²) >= 11 is 0. The predicted octanol–water partition coefficient (Wildman–Crippen LogP) is 2.77. The third-order valence-corrected chi connectivity index (χ3v) is 3.41. The van der Waals surface area contributed by atoms with Crippen LogP contribution >= 0.6 is 0 Å². The summed E-state index contributed by atoms with van der Waals surface area (Å²) in [5.74, 6) is 0. The van der Waals surface area contributed by atoms with Crippen molar-refractivity contribution in [2.45, 2.75) is 19.6 Å². The van der Waals surface area contributed by atoms with Gasteiger partial charge in [0.05, 0.1) is 11.6 Å². The molecule has 0 saturated heterocycles. The SMILES string of the molecule is N#Cc1ccc(NCc2ccc3c(c2)CNC3)cc1. The molecule has 1 heterocycles. The van der Waals surface area contributed by atoms with Crippen LogP contribution in [0.15, 0.2) is 42.5 Å². The normalized spacial score (nSPS) is 12.8. The zero-order valence-electron chi connectivity index (χ0n) is 10.6. The molecule has 0 unspecified atom stereocenters. The number of hydrogen-bond donors (Lipinski definition) is 2. The largest absolute Gasteiger partial charge is 0.381 e. The van der Waals surface area contributed by atoms with Crippen molar-refractivity contribution in [2.24, 2.45) is 0 Å². The van der Waals surface area contributed by atoms with Gasteiger partial charge >= 0.3 is 0 Å². The second kappa shape index (κ2) is 5.13. The molecule has 3 rings (SSSR count). The van der Waals surface area contributed by atoms with Crippen LogP contribution in [0.25, 0.3) is 0 Å². The zero-order valence-corrected chi connectivity index (χ0v) is 10.6. The maximum absolute atomic E-state index is 8.75. The molecule has 2 N–H and O–H groups in total. The summed E-state index contributed by atoms with van der Waals surface area (Å²) < 4.78 is 0. The van der Waals surface area contributed by atoms with E-state index in [4.69, 9.17) is 5.26 Å². The topological polar surface area (TPSA) is 47.9 Å². The summed E-state index contributed by atoms with van der Waals surface area (Å²) in [4.78, 5) is 0. The molecule has 0 aromatic heterocycles. The second-order valence-corrected chi connectivity index (χ2v) is 4.75. The second-order valence-electron chi connectivity index (χ2n) is 4.75. The molecule has 0 bridgehead atoms. The molecule has 19 heavy (non-hydrogen) atoms. The van der Waals surface area contributed by atoms with E-state index >= 15 is 0 Å². The van der Waals surface area contributed by atoms with E-state index in [-0.39, 0.29) is 0 Å². The minimum atomic E-state index is 0.689. The maximum Gasteiger partial charge on any atom is 0.0991 e. The summed E-state index contributed by atoms with van der Waals surface area (Å²) in [5.41, 5.74) is 5.82. The molecule has 1 aliphatic heterocycles. The summed E-state index contributed by atoms with van der Waals surface area (Å²) in [6.45, 7) is 2.76. The number of rotatable bonds is 3. The fraction of sp³-hybridized carbons (Fsp3) is 0.188. The Morgan fingerprint density at radius 2 is 1.84 bits per heavy atom. The summed E-state index contributed by atoms with van der Waals surface area (Å²) in [6.07, 6.45) is 0. The minimum Gasteiger partial charge on any atom is -0.381 e. The molecular weight excluding hydrogens is 234 g/mol. The molecule has 2 aromatic carbocycles. The van der Waals surface area contributed by atoms with Gasteiger partial charge in [-0.25, -0.2) is 0 Å². The van der Waals surface area contributed by atoms with Gasteiger partial charge in [-0.05, 0) is 41.0 Å². The third-order valence-electron chi connectivity index (χ3n) is 3.41. The number of nitriles is 1. The fourth-order valence-corrected chi connectivity index (χ4v) is 2.32. The van der Waals surface area contributed by atoms with Crippen molar-refractivity contribution in [1.29, 1.82) is 5.26 Å². The highest BCUT2D eigenvalue weighted by Crippen LogP contribution is 2.18. The molecule has 0 saturated carbocycles.